The van der Waals surface area contributed by atoms with E-state index >= 15 is 0 Å². The van der Waals surface area contributed by atoms with Crippen LogP contribution in [0.25, 0.3) is 21.5 Å². The second-order valence-electron chi connectivity index (χ2n) is 12.6. The Balaban J connectivity index is -0.000000627. The zero-order valence-electron chi connectivity index (χ0n) is 28.9. The van der Waals surface area contributed by atoms with Gasteiger partial charge in [-0.3, -0.25) is 0 Å². The van der Waals surface area contributed by atoms with Crippen molar-refractivity contribution >= 4 is 53.2 Å². The van der Waals surface area contributed by atoms with E-state index in [1.807, 2.05) is 0 Å². The summed E-state index contributed by atoms with van der Waals surface area (Å²) < 4.78 is 0. The fourth-order valence-electron chi connectivity index (χ4n) is 5.65. The molecule has 236 valence electrons. The van der Waals surface area contributed by atoms with Gasteiger partial charge in [-0.05, 0) is 35.5 Å². The molecule has 0 amide bonds. The molecular formula is C38H58Cl2SiZr-4. The van der Waals surface area contributed by atoms with E-state index in [2.05, 4.69) is 138 Å². The second kappa shape index (κ2) is 20.4. The first-order chi connectivity index (χ1) is 17.8. The van der Waals surface area contributed by atoms with E-state index in [0.29, 0.717) is 35.5 Å². The molecule has 0 nitrogen and oxygen atoms in total. The standard InChI is InChI=1S/2C18H25.2CH3.2ClH.Si.Zr/c2*1-11(2)15-9-14-7-8-16(12(3)4)18(13(5)6)17(14)10-15;;;;;;/h2*7-13H,1-6H3;2*1H3;2*1H;;/q4*-1;;;;. The first kappa shape index (κ1) is 45.8. The maximum atomic E-state index is 3.06. The van der Waals surface area contributed by atoms with E-state index in [0.717, 1.165) is 0 Å². The van der Waals surface area contributed by atoms with Gasteiger partial charge >= 0.3 is 30.2 Å². The summed E-state index contributed by atoms with van der Waals surface area (Å²) in [6.07, 6.45) is 0. The topological polar surface area (TPSA) is 0 Å². The Bertz CT molecular complexity index is 1220. The molecule has 0 saturated carbocycles. The van der Waals surface area contributed by atoms with Crippen LogP contribution in [0, 0.1) is 14.9 Å². The summed E-state index contributed by atoms with van der Waals surface area (Å²) in [5.41, 5.74) is 9.06. The van der Waals surface area contributed by atoms with Crippen LogP contribution in [0.15, 0.2) is 48.5 Å². The summed E-state index contributed by atoms with van der Waals surface area (Å²) in [6.45, 7) is 30.5. The SMILES string of the molecule is CC(C)c1cc2c(C(C)C)c(C(C)C)ccc2[cH-]1.CC(C)c1cc2c(C(C)C)c(C(C)C)ccc2[cH-]1.Cl.Cl.[CH3-].[CH3-].[Si]=[Zr]. The normalized spacial score (nSPS) is 10.6. The van der Waals surface area contributed by atoms with Crippen LogP contribution in [0.2, 0.25) is 0 Å². The Labute approximate surface area is 290 Å². The van der Waals surface area contributed by atoms with E-state index in [-0.39, 0.29) is 39.7 Å². The molecule has 0 aromatic heterocycles. The van der Waals surface area contributed by atoms with Crippen molar-refractivity contribution in [2.75, 3.05) is 0 Å². The van der Waals surface area contributed by atoms with Gasteiger partial charge in [0.15, 0.2) is 0 Å². The van der Waals surface area contributed by atoms with Crippen molar-refractivity contribution in [1.82, 2.24) is 0 Å². The van der Waals surface area contributed by atoms with Gasteiger partial charge in [0.25, 0.3) is 0 Å². The third kappa shape index (κ3) is 10.8. The van der Waals surface area contributed by atoms with Crippen LogP contribution < -0.4 is 0 Å². The molecule has 0 heterocycles. The molecule has 0 bridgehead atoms. The molecule has 4 aromatic carbocycles. The molecule has 0 unspecified atom stereocenters. The fourth-order valence-corrected chi connectivity index (χ4v) is 5.65. The van der Waals surface area contributed by atoms with E-state index < -0.39 is 0 Å². The van der Waals surface area contributed by atoms with Gasteiger partial charge in [-0.15, -0.1) is 93.9 Å². The zero-order valence-corrected chi connectivity index (χ0v) is 34.0. The second-order valence-corrected chi connectivity index (χ2v) is 12.6. The summed E-state index contributed by atoms with van der Waals surface area (Å²) in [7, 11) is 0. The molecule has 2 radical (unpaired) electrons. The van der Waals surface area contributed by atoms with Crippen molar-refractivity contribution in [3.63, 3.8) is 0 Å². The van der Waals surface area contributed by atoms with Crippen molar-refractivity contribution in [3.8, 4) is 0 Å². The summed E-state index contributed by atoms with van der Waals surface area (Å²) in [5.74, 6) is 3.61. The summed E-state index contributed by atoms with van der Waals surface area (Å²) in [4.78, 5) is 0. The van der Waals surface area contributed by atoms with Gasteiger partial charge in [0.2, 0.25) is 0 Å². The Hall–Kier alpha value is -0.660. The van der Waals surface area contributed by atoms with Crippen molar-refractivity contribution in [2.45, 2.75) is 119 Å². The van der Waals surface area contributed by atoms with Crippen molar-refractivity contribution in [1.29, 1.82) is 0 Å². The molecule has 4 heteroatoms. The Morgan fingerprint density at radius 3 is 0.976 bits per heavy atom. The number of hydrogen-bond donors (Lipinski definition) is 0. The summed E-state index contributed by atoms with van der Waals surface area (Å²) in [5, 5.41) is 5.76. The van der Waals surface area contributed by atoms with Crippen LogP contribution in [-0.4, -0.2) is 6.88 Å². The number of benzene rings is 2. The number of rotatable bonds is 6. The molecule has 0 N–H and O–H groups in total. The molecule has 0 saturated heterocycles. The fraction of sp³-hybridized carbons (Fsp3) is 0.474. The molecule has 0 spiro atoms. The van der Waals surface area contributed by atoms with Crippen molar-refractivity contribution < 1.29 is 23.3 Å². The molecule has 0 aliphatic heterocycles. The predicted octanol–water partition coefficient (Wildman–Crippen LogP) is 13.2. The van der Waals surface area contributed by atoms with E-state index in [9.17, 15) is 0 Å². The summed E-state index contributed by atoms with van der Waals surface area (Å²) >= 11 is 1.36. The molecule has 0 fully saturated rings. The van der Waals surface area contributed by atoms with Crippen molar-refractivity contribution in [2.24, 2.45) is 0 Å². The average Bonchev–Trinajstić information content (AvgIpc) is 3.48. The van der Waals surface area contributed by atoms with Gasteiger partial charge < -0.3 is 14.9 Å². The van der Waals surface area contributed by atoms with Crippen LogP contribution in [0.5, 0.6) is 0 Å². The van der Waals surface area contributed by atoms with Crippen LogP contribution in [-0.2, 0) is 23.3 Å². The van der Waals surface area contributed by atoms with Gasteiger partial charge in [0, 0.05) is 0 Å². The number of halogens is 2. The molecule has 0 aliphatic rings. The monoisotopic (exact) mass is 702 g/mol. The Morgan fingerprint density at radius 1 is 0.476 bits per heavy atom. The molecule has 4 aromatic rings. The number of hydrogen-bond acceptors (Lipinski definition) is 0. The third-order valence-corrected chi connectivity index (χ3v) is 7.71. The first-order valence-corrected chi connectivity index (χ1v) is 18.7. The van der Waals surface area contributed by atoms with E-state index in [4.69, 9.17) is 0 Å². The van der Waals surface area contributed by atoms with Crippen LogP contribution in [0.4, 0.5) is 0 Å². The molecular weight excluding hydrogens is 647 g/mol. The maximum absolute atomic E-state index is 3.06. The van der Waals surface area contributed by atoms with Crippen LogP contribution in [0.3, 0.4) is 0 Å². The van der Waals surface area contributed by atoms with Crippen LogP contribution in [0.1, 0.15) is 152 Å². The first-order valence-electron chi connectivity index (χ1n) is 14.5. The zero-order chi connectivity index (χ0) is 28.9. The predicted molar refractivity (Wildman–Crippen MR) is 197 cm³/mol. The number of fused-ring (bicyclic) bond motifs is 2. The van der Waals surface area contributed by atoms with E-state index in [1.54, 1.807) is 11.1 Å². The van der Waals surface area contributed by atoms with E-state index in [1.165, 1.54) is 67.1 Å². The van der Waals surface area contributed by atoms with Gasteiger partial charge in [-0.2, -0.15) is 12.1 Å². The van der Waals surface area contributed by atoms with Crippen molar-refractivity contribution in [3.05, 3.63) is 96.8 Å². The van der Waals surface area contributed by atoms with Gasteiger partial charge in [-0.25, -0.2) is 0 Å². The van der Waals surface area contributed by atoms with Gasteiger partial charge in [0.1, 0.15) is 0 Å². The Kier molecular flexibility index (Phi) is 22.2. The Morgan fingerprint density at radius 2 is 0.762 bits per heavy atom. The van der Waals surface area contributed by atoms with Crippen LogP contribution >= 0.6 is 24.8 Å². The summed E-state index contributed by atoms with van der Waals surface area (Å²) in [6, 6.07) is 18.8. The average molecular weight is 705 g/mol. The van der Waals surface area contributed by atoms with Gasteiger partial charge in [-0.1, -0.05) is 105 Å². The molecule has 42 heavy (non-hydrogen) atoms. The quantitative estimate of drug-likeness (QED) is 0.138. The molecule has 0 aliphatic carbocycles. The minimum absolute atomic E-state index is 0. The van der Waals surface area contributed by atoms with Gasteiger partial charge in [0.05, 0.1) is 0 Å². The molecule has 0 atom stereocenters. The third-order valence-electron chi connectivity index (χ3n) is 7.71. The minimum atomic E-state index is 0. The molecule has 4 rings (SSSR count).